The van der Waals surface area contributed by atoms with E-state index in [1.165, 1.54) is 0 Å². The van der Waals surface area contributed by atoms with E-state index in [0.717, 1.165) is 0 Å². The minimum Gasteiger partial charge on any atom is -0.407 e. The second-order valence-electron chi connectivity index (χ2n) is 2.90. The molecule has 0 aromatic carbocycles. The summed E-state index contributed by atoms with van der Waals surface area (Å²) in [6, 6.07) is 0.341. The van der Waals surface area contributed by atoms with Crippen LogP contribution in [0.5, 0.6) is 0 Å². The summed E-state index contributed by atoms with van der Waals surface area (Å²) < 4.78 is 15.3. The first-order chi connectivity index (χ1) is 7.30. The summed E-state index contributed by atoms with van der Waals surface area (Å²) in [4.78, 5) is 0. The van der Waals surface area contributed by atoms with Crippen LogP contribution in [-0.2, 0) is 16.0 Å². The zero-order valence-electron chi connectivity index (χ0n) is 8.90. The van der Waals surface area contributed by atoms with Crippen LogP contribution >= 0.6 is 0 Å². The van der Waals surface area contributed by atoms with Gasteiger partial charge in [0.1, 0.15) is 0 Å². The molecule has 0 bridgehead atoms. The topological polar surface area (TPSA) is 95.4 Å². The molecule has 0 aliphatic carbocycles. The highest BCUT2D eigenvalue weighted by Crippen LogP contribution is 2.04. The molecular weight excluding hydrogens is 200 g/mol. The molecule has 3 N–H and O–H groups in total. The smallest absolute Gasteiger partial charge is 0.315 e. The van der Waals surface area contributed by atoms with Gasteiger partial charge in [0.15, 0.2) is 0 Å². The summed E-state index contributed by atoms with van der Waals surface area (Å²) in [5.74, 6) is 0.401. The Kier molecular flexibility index (Phi) is 5.02. The lowest BCUT2D eigenvalue weighted by molar-refractivity contribution is 0.0363. The maximum Gasteiger partial charge on any atom is 0.315 e. The van der Waals surface area contributed by atoms with Gasteiger partial charge in [0.25, 0.3) is 0 Å². The number of hydrogen-bond acceptors (Lipinski definition) is 7. The Morgan fingerprint density at radius 1 is 1.47 bits per heavy atom. The van der Waals surface area contributed by atoms with Crippen LogP contribution in [0.1, 0.15) is 5.89 Å². The van der Waals surface area contributed by atoms with Gasteiger partial charge < -0.3 is 24.9 Å². The number of aromatic nitrogens is 2. The summed E-state index contributed by atoms with van der Waals surface area (Å²) in [5.41, 5.74) is 5.32. The monoisotopic (exact) mass is 216 g/mol. The fourth-order valence-electron chi connectivity index (χ4n) is 1.00. The minimum atomic E-state index is -0.0526. The molecule has 0 aliphatic heterocycles. The normalized spacial score (nSPS) is 12.7. The van der Waals surface area contributed by atoms with E-state index in [9.17, 15) is 0 Å². The van der Waals surface area contributed by atoms with Crippen LogP contribution in [-0.4, -0.2) is 43.7 Å². The van der Waals surface area contributed by atoms with E-state index >= 15 is 0 Å². The van der Waals surface area contributed by atoms with Gasteiger partial charge in [-0.15, -0.1) is 5.10 Å². The van der Waals surface area contributed by atoms with E-state index in [1.807, 2.05) is 0 Å². The molecule has 0 saturated carbocycles. The van der Waals surface area contributed by atoms with Gasteiger partial charge in [-0.1, -0.05) is 5.10 Å². The average molecular weight is 216 g/mol. The minimum absolute atomic E-state index is 0.0526. The van der Waals surface area contributed by atoms with Gasteiger partial charge >= 0.3 is 6.01 Å². The lowest BCUT2D eigenvalue weighted by Gasteiger charge is -2.13. The molecule has 1 atom stereocenters. The highest BCUT2D eigenvalue weighted by molar-refractivity contribution is 5.16. The van der Waals surface area contributed by atoms with Crippen LogP contribution in [0.15, 0.2) is 4.42 Å². The number of rotatable bonds is 7. The number of ether oxygens (including phenoxy) is 2. The van der Waals surface area contributed by atoms with Crippen LogP contribution in [0, 0.1) is 0 Å². The summed E-state index contributed by atoms with van der Waals surface area (Å²) in [6.45, 7) is 1.28. The molecule has 1 unspecified atom stereocenters. The standard InChI is InChI=1S/C8H16N4O3/c1-13-5-6(14-2)4-10-8-12-11-7(3-9)15-8/h6H,3-5,9H2,1-2H3,(H,10,12). The van der Waals surface area contributed by atoms with Crippen LogP contribution < -0.4 is 11.1 Å². The van der Waals surface area contributed by atoms with Gasteiger partial charge in [-0.25, -0.2) is 0 Å². The van der Waals surface area contributed by atoms with Crippen LogP contribution in [0.3, 0.4) is 0 Å². The molecule has 0 aliphatic rings. The highest BCUT2D eigenvalue weighted by Gasteiger charge is 2.09. The molecule has 0 radical (unpaired) electrons. The molecule has 86 valence electrons. The molecule has 1 heterocycles. The van der Waals surface area contributed by atoms with Crippen LogP contribution in [0.2, 0.25) is 0 Å². The molecule has 1 aromatic rings. The number of methoxy groups -OCH3 is 2. The molecule has 15 heavy (non-hydrogen) atoms. The number of hydrogen-bond donors (Lipinski definition) is 2. The molecule has 0 saturated heterocycles. The van der Waals surface area contributed by atoms with Crippen LogP contribution in [0.25, 0.3) is 0 Å². The van der Waals surface area contributed by atoms with E-state index < -0.39 is 0 Å². The zero-order chi connectivity index (χ0) is 11.1. The fourth-order valence-corrected chi connectivity index (χ4v) is 1.00. The lowest BCUT2D eigenvalue weighted by Crippen LogP contribution is -2.26. The van der Waals surface area contributed by atoms with Crippen LogP contribution in [0.4, 0.5) is 6.01 Å². The average Bonchev–Trinajstić information content (AvgIpc) is 2.72. The van der Waals surface area contributed by atoms with Crippen molar-refractivity contribution in [3.8, 4) is 0 Å². The SMILES string of the molecule is COCC(CNc1nnc(CN)o1)OC. The van der Waals surface area contributed by atoms with Crippen molar-refractivity contribution in [1.29, 1.82) is 0 Å². The van der Waals surface area contributed by atoms with Crippen molar-refractivity contribution < 1.29 is 13.9 Å². The highest BCUT2D eigenvalue weighted by atomic mass is 16.5. The second kappa shape index (κ2) is 6.33. The first-order valence-corrected chi connectivity index (χ1v) is 4.58. The van der Waals surface area contributed by atoms with Gasteiger partial charge in [-0.3, -0.25) is 0 Å². The van der Waals surface area contributed by atoms with Crippen molar-refractivity contribution in [1.82, 2.24) is 10.2 Å². The molecular formula is C8H16N4O3. The van der Waals surface area contributed by atoms with Crippen molar-refractivity contribution in [2.75, 3.05) is 32.7 Å². The van der Waals surface area contributed by atoms with E-state index in [2.05, 4.69) is 15.5 Å². The molecule has 7 nitrogen and oxygen atoms in total. The Morgan fingerprint density at radius 3 is 2.80 bits per heavy atom. The largest absolute Gasteiger partial charge is 0.407 e. The first kappa shape index (κ1) is 11.9. The Bertz CT molecular complexity index is 279. The number of nitrogens with zero attached hydrogens (tertiary/aromatic N) is 2. The van der Waals surface area contributed by atoms with Gasteiger partial charge in [-0.05, 0) is 0 Å². The maximum absolute atomic E-state index is 5.32. The van der Waals surface area contributed by atoms with E-state index in [-0.39, 0.29) is 12.6 Å². The second-order valence-corrected chi connectivity index (χ2v) is 2.90. The van der Waals surface area contributed by atoms with Gasteiger partial charge in [0.05, 0.1) is 19.3 Å². The summed E-state index contributed by atoms with van der Waals surface area (Å²) >= 11 is 0. The van der Waals surface area contributed by atoms with Crippen molar-refractivity contribution in [3.63, 3.8) is 0 Å². The predicted molar refractivity (Wildman–Crippen MR) is 53.4 cm³/mol. The zero-order valence-corrected chi connectivity index (χ0v) is 8.90. The molecule has 0 fully saturated rings. The Morgan fingerprint density at radius 2 is 2.27 bits per heavy atom. The van der Waals surface area contributed by atoms with E-state index in [1.54, 1.807) is 14.2 Å². The van der Waals surface area contributed by atoms with E-state index in [0.29, 0.717) is 25.1 Å². The first-order valence-electron chi connectivity index (χ1n) is 4.58. The molecule has 1 rings (SSSR count). The Balaban J connectivity index is 2.34. The lowest BCUT2D eigenvalue weighted by atomic mass is 10.4. The van der Waals surface area contributed by atoms with Crippen molar-refractivity contribution in [3.05, 3.63) is 5.89 Å². The third-order valence-corrected chi connectivity index (χ3v) is 1.81. The third kappa shape index (κ3) is 3.82. The molecule has 7 heteroatoms. The van der Waals surface area contributed by atoms with Gasteiger partial charge in [0, 0.05) is 20.8 Å². The van der Waals surface area contributed by atoms with Crippen molar-refractivity contribution in [2.45, 2.75) is 12.6 Å². The summed E-state index contributed by atoms with van der Waals surface area (Å²) in [5, 5.41) is 10.4. The van der Waals surface area contributed by atoms with Gasteiger partial charge in [-0.2, -0.15) is 0 Å². The summed E-state index contributed by atoms with van der Waals surface area (Å²) in [6.07, 6.45) is -0.0526. The van der Waals surface area contributed by atoms with Crippen molar-refractivity contribution >= 4 is 6.01 Å². The molecule has 1 aromatic heterocycles. The summed E-state index contributed by atoms with van der Waals surface area (Å²) in [7, 11) is 3.23. The predicted octanol–water partition coefficient (Wildman–Crippen LogP) is -0.398. The fraction of sp³-hybridized carbons (Fsp3) is 0.750. The number of nitrogens with one attached hydrogen (secondary N) is 1. The van der Waals surface area contributed by atoms with E-state index in [4.69, 9.17) is 19.6 Å². The number of anilines is 1. The third-order valence-electron chi connectivity index (χ3n) is 1.81. The molecule has 0 spiro atoms. The number of nitrogens with two attached hydrogens (primary N) is 1. The Hall–Kier alpha value is -1.18. The van der Waals surface area contributed by atoms with Gasteiger partial charge in [0.2, 0.25) is 5.89 Å². The molecule has 0 amide bonds. The Labute approximate surface area is 87.9 Å². The quantitative estimate of drug-likeness (QED) is 0.640. The maximum atomic E-state index is 5.32. The van der Waals surface area contributed by atoms with Crippen molar-refractivity contribution in [2.24, 2.45) is 5.73 Å².